The fourth-order valence-corrected chi connectivity index (χ4v) is 3.39. The van der Waals surface area contributed by atoms with E-state index in [0.29, 0.717) is 25.8 Å². The highest BCUT2D eigenvalue weighted by Gasteiger charge is 2.32. The maximum atomic E-state index is 6.08. The van der Waals surface area contributed by atoms with Crippen LogP contribution >= 0.6 is 0 Å². The molecular weight excluding hydrogens is 266 g/mol. The first-order valence-electron chi connectivity index (χ1n) is 8.27. The molecule has 5 heteroatoms. The van der Waals surface area contributed by atoms with Gasteiger partial charge in [-0.1, -0.05) is 19.3 Å². The average molecular weight is 293 g/mol. The highest BCUT2D eigenvalue weighted by molar-refractivity contribution is 4.99. The Morgan fingerprint density at radius 1 is 1.33 bits per heavy atom. The molecule has 5 nitrogen and oxygen atoms in total. The molecule has 1 aromatic rings. The molecule has 1 aliphatic heterocycles. The van der Waals surface area contributed by atoms with Crippen molar-refractivity contribution >= 4 is 0 Å². The van der Waals surface area contributed by atoms with Crippen molar-refractivity contribution in [1.29, 1.82) is 0 Å². The molecule has 3 rings (SSSR count). The van der Waals surface area contributed by atoms with Crippen LogP contribution < -0.4 is 5.73 Å². The van der Waals surface area contributed by atoms with Crippen molar-refractivity contribution in [3.8, 4) is 0 Å². The highest BCUT2D eigenvalue weighted by atomic mass is 16.5. The summed E-state index contributed by atoms with van der Waals surface area (Å²) < 4.78 is 13.7. The SMILES string of the molecule is NCC1(OCc2ccn(C3CCCCC3)n2)CCCOC1. The summed E-state index contributed by atoms with van der Waals surface area (Å²) in [7, 11) is 0. The minimum Gasteiger partial charge on any atom is -0.378 e. The molecule has 1 aliphatic carbocycles. The molecule has 1 aromatic heterocycles. The molecule has 118 valence electrons. The molecule has 2 N–H and O–H groups in total. The Morgan fingerprint density at radius 3 is 2.90 bits per heavy atom. The molecule has 0 spiro atoms. The van der Waals surface area contributed by atoms with Gasteiger partial charge in [-0.25, -0.2) is 0 Å². The van der Waals surface area contributed by atoms with E-state index in [0.717, 1.165) is 25.1 Å². The smallest absolute Gasteiger partial charge is 0.104 e. The van der Waals surface area contributed by atoms with Gasteiger partial charge in [0.25, 0.3) is 0 Å². The van der Waals surface area contributed by atoms with Crippen LogP contribution in [-0.2, 0) is 16.1 Å². The van der Waals surface area contributed by atoms with E-state index >= 15 is 0 Å². The van der Waals surface area contributed by atoms with E-state index in [-0.39, 0.29) is 5.60 Å². The van der Waals surface area contributed by atoms with Gasteiger partial charge in [0.1, 0.15) is 5.60 Å². The summed E-state index contributed by atoms with van der Waals surface area (Å²) in [5.74, 6) is 0. The van der Waals surface area contributed by atoms with Crippen molar-refractivity contribution in [3.63, 3.8) is 0 Å². The van der Waals surface area contributed by atoms with E-state index in [9.17, 15) is 0 Å². The number of aromatic nitrogens is 2. The molecule has 0 bridgehead atoms. The maximum Gasteiger partial charge on any atom is 0.104 e. The van der Waals surface area contributed by atoms with Crippen LogP contribution in [0.2, 0.25) is 0 Å². The largest absolute Gasteiger partial charge is 0.378 e. The first-order chi connectivity index (χ1) is 10.3. The predicted molar refractivity (Wildman–Crippen MR) is 81.0 cm³/mol. The van der Waals surface area contributed by atoms with Gasteiger partial charge in [-0.15, -0.1) is 0 Å². The molecule has 2 fully saturated rings. The Hall–Kier alpha value is -0.910. The monoisotopic (exact) mass is 293 g/mol. The highest BCUT2D eigenvalue weighted by Crippen LogP contribution is 2.28. The molecule has 2 aliphatic rings. The van der Waals surface area contributed by atoms with Gasteiger partial charge in [0.15, 0.2) is 0 Å². The lowest BCUT2D eigenvalue weighted by atomic mass is 9.96. The Morgan fingerprint density at radius 2 is 2.19 bits per heavy atom. The maximum absolute atomic E-state index is 6.08. The lowest BCUT2D eigenvalue weighted by Gasteiger charge is -2.35. The molecule has 1 saturated heterocycles. The second-order valence-electron chi connectivity index (χ2n) is 6.41. The van der Waals surface area contributed by atoms with Crippen molar-refractivity contribution in [2.75, 3.05) is 19.8 Å². The summed E-state index contributed by atoms with van der Waals surface area (Å²) in [5.41, 5.74) is 6.58. The van der Waals surface area contributed by atoms with E-state index in [1.807, 2.05) is 0 Å². The molecule has 0 aromatic carbocycles. The van der Waals surface area contributed by atoms with Gasteiger partial charge in [-0.05, 0) is 31.7 Å². The summed E-state index contributed by atoms with van der Waals surface area (Å²) in [5, 5.41) is 4.69. The lowest BCUT2D eigenvalue weighted by Crippen LogP contribution is -2.47. The number of hydrogen-bond acceptors (Lipinski definition) is 4. The van der Waals surface area contributed by atoms with E-state index < -0.39 is 0 Å². The van der Waals surface area contributed by atoms with Crippen molar-refractivity contribution in [2.45, 2.75) is 63.2 Å². The second kappa shape index (κ2) is 6.90. The Bertz CT molecular complexity index is 434. The van der Waals surface area contributed by atoms with Crippen LogP contribution in [0.25, 0.3) is 0 Å². The van der Waals surface area contributed by atoms with Gasteiger partial charge in [0.05, 0.1) is 24.9 Å². The van der Waals surface area contributed by atoms with Crippen molar-refractivity contribution in [2.24, 2.45) is 5.73 Å². The zero-order chi connectivity index (χ0) is 14.5. The van der Waals surface area contributed by atoms with Crippen LogP contribution in [0.3, 0.4) is 0 Å². The number of rotatable bonds is 5. The lowest BCUT2D eigenvalue weighted by molar-refractivity contribution is -0.130. The molecular formula is C16H27N3O2. The zero-order valence-corrected chi connectivity index (χ0v) is 12.8. The van der Waals surface area contributed by atoms with Gasteiger partial charge in [0, 0.05) is 19.3 Å². The third-order valence-corrected chi connectivity index (χ3v) is 4.80. The summed E-state index contributed by atoms with van der Waals surface area (Å²) in [6, 6.07) is 2.65. The van der Waals surface area contributed by atoms with Gasteiger partial charge in [-0.2, -0.15) is 5.10 Å². The van der Waals surface area contributed by atoms with Crippen LogP contribution in [0.1, 0.15) is 56.7 Å². The molecule has 1 unspecified atom stereocenters. The van der Waals surface area contributed by atoms with Gasteiger partial charge in [-0.3, -0.25) is 4.68 Å². The van der Waals surface area contributed by atoms with Crippen molar-refractivity contribution in [1.82, 2.24) is 9.78 Å². The van der Waals surface area contributed by atoms with Crippen LogP contribution in [-0.4, -0.2) is 35.1 Å². The Labute approximate surface area is 126 Å². The van der Waals surface area contributed by atoms with Crippen LogP contribution in [0.4, 0.5) is 0 Å². The fourth-order valence-electron chi connectivity index (χ4n) is 3.39. The van der Waals surface area contributed by atoms with Crippen molar-refractivity contribution in [3.05, 3.63) is 18.0 Å². The molecule has 1 saturated carbocycles. The fraction of sp³-hybridized carbons (Fsp3) is 0.812. The third kappa shape index (κ3) is 3.65. The van der Waals surface area contributed by atoms with E-state index in [4.69, 9.17) is 20.3 Å². The minimum atomic E-state index is -0.313. The second-order valence-corrected chi connectivity index (χ2v) is 6.41. The van der Waals surface area contributed by atoms with E-state index in [1.165, 1.54) is 32.1 Å². The van der Waals surface area contributed by atoms with Crippen LogP contribution in [0.5, 0.6) is 0 Å². The molecule has 2 heterocycles. The zero-order valence-electron chi connectivity index (χ0n) is 12.8. The number of nitrogens with two attached hydrogens (primary N) is 1. The van der Waals surface area contributed by atoms with E-state index in [2.05, 4.69) is 16.9 Å². The molecule has 21 heavy (non-hydrogen) atoms. The van der Waals surface area contributed by atoms with Crippen molar-refractivity contribution < 1.29 is 9.47 Å². The Kier molecular flexibility index (Phi) is 4.93. The summed E-state index contributed by atoms with van der Waals surface area (Å²) in [6.07, 6.45) is 10.6. The first-order valence-corrected chi connectivity index (χ1v) is 8.27. The average Bonchev–Trinajstić information content (AvgIpc) is 3.04. The van der Waals surface area contributed by atoms with Gasteiger partial charge < -0.3 is 15.2 Å². The standard InChI is InChI=1S/C16H27N3O2/c17-12-16(8-4-10-20-13-16)21-11-14-7-9-19(18-14)15-5-2-1-3-6-15/h7,9,15H,1-6,8,10-13,17H2. The summed E-state index contributed by atoms with van der Waals surface area (Å²) in [4.78, 5) is 0. The van der Waals surface area contributed by atoms with Gasteiger partial charge in [0.2, 0.25) is 0 Å². The predicted octanol–water partition coefficient (Wildman–Crippen LogP) is 2.41. The first kappa shape index (κ1) is 15.0. The Balaban J connectivity index is 1.56. The normalized spacial score (nSPS) is 27.9. The molecule has 0 radical (unpaired) electrons. The van der Waals surface area contributed by atoms with Crippen LogP contribution in [0, 0.1) is 0 Å². The third-order valence-electron chi connectivity index (χ3n) is 4.80. The number of nitrogens with zero attached hydrogens (tertiary/aromatic N) is 2. The summed E-state index contributed by atoms with van der Waals surface area (Å²) in [6.45, 7) is 2.46. The summed E-state index contributed by atoms with van der Waals surface area (Å²) >= 11 is 0. The minimum absolute atomic E-state index is 0.313. The molecule has 1 atom stereocenters. The number of ether oxygens (including phenoxy) is 2. The molecule has 0 amide bonds. The quantitative estimate of drug-likeness (QED) is 0.905. The topological polar surface area (TPSA) is 62.3 Å². The van der Waals surface area contributed by atoms with E-state index in [1.54, 1.807) is 0 Å². The van der Waals surface area contributed by atoms with Gasteiger partial charge >= 0.3 is 0 Å². The van der Waals surface area contributed by atoms with Crippen LogP contribution in [0.15, 0.2) is 12.3 Å². The number of hydrogen-bond donors (Lipinski definition) is 1.